The maximum Gasteiger partial charge on any atom is 0.0752 e. The molecule has 0 amide bonds. The van der Waals surface area contributed by atoms with E-state index in [4.69, 9.17) is 5.73 Å². The molecule has 2 aliphatic rings. The van der Waals surface area contributed by atoms with Gasteiger partial charge in [0.15, 0.2) is 0 Å². The Labute approximate surface area is 66.5 Å². The molecule has 0 aromatic carbocycles. The van der Waals surface area contributed by atoms with Crippen LogP contribution in [0.4, 0.5) is 0 Å². The molecule has 11 heavy (non-hydrogen) atoms. The molecule has 2 atom stereocenters. The van der Waals surface area contributed by atoms with Crippen molar-refractivity contribution in [1.29, 1.82) is 0 Å². The van der Waals surface area contributed by atoms with Gasteiger partial charge in [0.25, 0.3) is 0 Å². The van der Waals surface area contributed by atoms with Crippen LogP contribution in [0.2, 0.25) is 0 Å². The normalized spacial score (nSPS) is 33.9. The molecule has 0 radical (unpaired) electrons. The van der Waals surface area contributed by atoms with Crippen molar-refractivity contribution in [2.75, 3.05) is 0 Å². The van der Waals surface area contributed by atoms with Crippen LogP contribution in [-0.4, -0.2) is 6.04 Å². The van der Waals surface area contributed by atoms with E-state index in [0.29, 0.717) is 12.0 Å². The SMILES string of the molecule is CC1=CC2C=CC=C(N)C2N1. The highest BCUT2D eigenvalue weighted by Crippen LogP contribution is 2.24. The molecule has 2 rings (SSSR count). The first-order valence-electron chi connectivity index (χ1n) is 3.86. The van der Waals surface area contributed by atoms with E-state index in [1.54, 1.807) is 0 Å². The lowest BCUT2D eigenvalue weighted by Crippen LogP contribution is -2.34. The first kappa shape index (κ1) is 6.53. The third-order valence-corrected chi connectivity index (χ3v) is 2.19. The molecule has 3 N–H and O–H groups in total. The van der Waals surface area contributed by atoms with Crippen molar-refractivity contribution in [3.05, 3.63) is 35.7 Å². The topological polar surface area (TPSA) is 38.0 Å². The van der Waals surface area contributed by atoms with Crippen LogP contribution < -0.4 is 11.1 Å². The van der Waals surface area contributed by atoms with Gasteiger partial charge in [-0.05, 0) is 13.0 Å². The Kier molecular flexibility index (Phi) is 1.28. The third kappa shape index (κ3) is 0.946. The number of rotatable bonds is 0. The van der Waals surface area contributed by atoms with Crippen molar-refractivity contribution in [1.82, 2.24) is 5.32 Å². The number of hydrogen-bond donors (Lipinski definition) is 2. The summed E-state index contributed by atoms with van der Waals surface area (Å²) in [5.74, 6) is 0.472. The van der Waals surface area contributed by atoms with Crippen LogP contribution in [0, 0.1) is 5.92 Å². The molecule has 0 saturated carbocycles. The predicted molar refractivity (Wildman–Crippen MR) is 45.6 cm³/mol. The molecule has 0 aromatic heterocycles. The summed E-state index contributed by atoms with van der Waals surface area (Å²) in [7, 11) is 0. The number of fused-ring (bicyclic) bond motifs is 1. The van der Waals surface area contributed by atoms with Gasteiger partial charge in [0.2, 0.25) is 0 Å². The molecule has 2 unspecified atom stereocenters. The fourth-order valence-corrected chi connectivity index (χ4v) is 1.65. The zero-order valence-corrected chi connectivity index (χ0v) is 6.54. The number of nitrogens with two attached hydrogens (primary N) is 1. The fourth-order valence-electron chi connectivity index (χ4n) is 1.65. The summed E-state index contributed by atoms with van der Waals surface area (Å²) < 4.78 is 0. The summed E-state index contributed by atoms with van der Waals surface area (Å²) in [5, 5.41) is 3.32. The summed E-state index contributed by atoms with van der Waals surface area (Å²) in [6.45, 7) is 2.07. The van der Waals surface area contributed by atoms with Crippen molar-refractivity contribution in [3.63, 3.8) is 0 Å². The molecule has 0 spiro atoms. The lowest BCUT2D eigenvalue weighted by atomic mass is 9.95. The van der Waals surface area contributed by atoms with Crippen LogP contribution in [0.5, 0.6) is 0 Å². The third-order valence-electron chi connectivity index (χ3n) is 2.19. The molecule has 0 aromatic rings. The Morgan fingerprint density at radius 1 is 1.55 bits per heavy atom. The van der Waals surface area contributed by atoms with Crippen LogP contribution in [0.3, 0.4) is 0 Å². The Morgan fingerprint density at radius 2 is 2.36 bits per heavy atom. The van der Waals surface area contributed by atoms with E-state index in [1.165, 1.54) is 5.70 Å². The van der Waals surface area contributed by atoms with Gasteiger partial charge in [-0.2, -0.15) is 0 Å². The molecule has 58 valence electrons. The van der Waals surface area contributed by atoms with Crippen LogP contribution >= 0.6 is 0 Å². The number of allylic oxidation sites excluding steroid dienone is 3. The molecular formula is C9H12N2. The second-order valence-corrected chi connectivity index (χ2v) is 3.10. The van der Waals surface area contributed by atoms with Gasteiger partial charge >= 0.3 is 0 Å². The van der Waals surface area contributed by atoms with E-state index in [-0.39, 0.29) is 0 Å². The summed E-state index contributed by atoms with van der Waals surface area (Å²) in [4.78, 5) is 0. The first-order valence-corrected chi connectivity index (χ1v) is 3.86. The van der Waals surface area contributed by atoms with Crippen LogP contribution in [-0.2, 0) is 0 Å². The molecule has 2 nitrogen and oxygen atoms in total. The van der Waals surface area contributed by atoms with Gasteiger partial charge in [-0.3, -0.25) is 0 Å². The van der Waals surface area contributed by atoms with Gasteiger partial charge < -0.3 is 11.1 Å². The Morgan fingerprint density at radius 3 is 3.09 bits per heavy atom. The molecular weight excluding hydrogens is 136 g/mol. The second kappa shape index (κ2) is 2.16. The van der Waals surface area contributed by atoms with Crippen LogP contribution in [0.1, 0.15) is 6.92 Å². The predicted octanol–water partition coefficient (Wildman–Crippen LogP) is 0.891. The number of hydrogen-bond acceptors (Lipinski definition) is 2. The van der Waals surface area contributed by atoms with Crippen molar-refractivity contribution in [2.24, 2.45) is 11.7 Å². The van der Waals surface area contributed by atoms with E-state index >= 15 is 0 Å². The minimum atomic E-state index is 0.319. The zero-order valence-electron chi connectivity index (χ0n) is 6.54. The van der Waals surface area contributed by atoms with Gasteiger partial charge in [-0.1, -0.05) is 18.2 Å². The highest BCUT2D eigenvalue weighted by Gasteiger charge is 2.26. The van der Waals surface area contributed by atoms with Crippen molar-refractivity contribution >= 4 is 0 Å². The molecule has 0 bridgehead atoms. The molecule has 1 aliphatic carbocycles. The number of nitrogens with one attached hydrogen (secondary N) is 1. The fraction of sp³-hybridized carbons (Fsp3) is 0.333. The molecule has 0 fully saturated rings. The summed E-state index contributed by atoms with van der Waals surface area (Å²) in [6.07, 6.45) is 8.36. The second-order valence-electron chi connectivity index (χ2n) is 3.10. The van der Waals surface area contributed by atoms with Gasteiger partial charge in [-0.25, -0.2) is 0 Å². The van der Waals surface area contributed by atoms with Gasteiger partial charge in [0.05, 0.1) is 6.04 Å². The minimum absolute atomic E-state index is 0.319. The van der Waals surface area contributed by atoms with Crippen molar-refractivity contribution in [3.8, 4) is 0 Å². The Bertz CT molecular complexity index is 261. The van der Waals surface area contributed by atoms with Crippen molar-refractivity contribution < 1.29 is 0 Å². The summed E-state index contributed by atoms with van der Waals surface area (Å²) in [6, 6.07) is 0.319. The minimum Gasteiger partial charge on any atom is -0.400 e. The van der Waals surface area contributed by atoms with Crippen molar-refractivity contribution in [2.45, 2.75) is 13.0 Å². The van der Waals surface area contributed by atoms with Gasteiger partial charge in [0.1, 0.15) is 0 Å². The first-order chi connectivity index (χ1) is 5.27. The smallest absolute Gasteiger partial charge is 0.0752 e. The highest BCUT2D eigenvalue weighted by atomic mass is 15.0. The maximum absolute atomic E-state index is 5.80. The van der Waals surface area contributed by atoms with Gasteiger partial charge in [-0.15, -0.1) is 0 Å². The maximum atomic E-state index is 5.80. The Balaban J connectivity index is 2.28. The Hall–Kier alpha value is -1.18. The monoisotopic (exact) mass is 148 g/mol. The van der Waals surface area contributed by atoms with E-state index in [1.807, 2.05) is 12.2 Å². The van der Waals surface area contributed by atoms with Crippen LogP contribution in [0.25, 0.3) is 0 Å². The van der Waals surface area contributed by atoms with E-state index < -0.39 is 0 Å². The average Bonchev–Trinajstić information content (AvgIpc) is 2.31. The largest absolute Gasteiger partial charge is 0.400 e. The van der Waals surface area contributed by atoms with E-state index in [9.17, 15) is 0 Å². The summed E-state index contributed by atoms with van der Waals surface area (Å²) >= 11 is 0. The highest BCUT2D eigenvalue weighted by molar-refractivity contribution is 5.32. The van der Waals surface area contributed by atoms with Crippen LogP contribution in [0.15, 0.2) is 35.7 Å². The van der Waals surface area contributed by atoms with E-state index in [0.717, 1.165) is 5.70 Å². The molecule has 2 heteroatoms. The van der Waals surface area contributed by atoms with E-state index in [2.05, 4.69) is 24.4 Å². The molecule has 1 heterocycles. The molecule has 0 saturated heterocycles. The summed E-state index contributed by atoms with van der Waals surface area (Å²) in [5.41, 5.74) is 7.96. The standard InChI is InChI=1S/C9H12N2/c1-6-5-7-3-2-4-8(10)9(7)11-6/h2-5,7,9,11H,10H2,1H3. The zero-order chi connectivity index (χ0) is 7.84. The van der Waals surface area contributed by atoms with Gasteiger partial charge in [0, 0.05) is 17.3 Å². The lowest BCUT2D eigenvalue weighted by Gasteiger charge is -2.20. The lowest BCUT2D eigenvalue weighted by molar-refractivity contribution is 0.600. The quantitative estimate of drug-likeness (QED) is 0.535. The average molecular weight is 148 g/mol. The molecule has 1 aliphatic heterocycles.